The van der Waals surface area contributed by atoms with Crippen LogP contribution in [0.1, 0.15) is 44.1 Å². The third-order valence-corrected chi connectivity index (χ3v) is 6.70. The van der Waals surface area contributed by atoms with E-state index in [0.29, 0.717) is 17.1 Å². The number of nitrogens with one attached hydrogen (secondary N) is 1. The Balaban J connectivity index is 1.36. The smallest absolute Gasteiger partial charge is 0.234 e. The van der Waals surface area contributed by atoms with Crippen LogP contribution >= 0.6 is 11.6 Å². The minimum Gasteiger partial charge on any atom is -0.350 e. The first-order valence-corrected chi connectivity index (χ1v) is 9.73. The van der Waals surface area contributed by atoms with Gasteiger partial charge in [0, 0.05) is 22.7 Å². The Bertz CT molecular complexity index is 622. The highest BCUT2D eigenvalue weighted by molar-refractivity contribution is 6.31. The van der Waals surface area contributed by atoms with Crippen LogP contribution in [0.4, 0.5) is 4.39 Å². The number of hydrogen-bond donors (Lipinski definition) is 1. The second-order valence-corrected chi connectivity index (χ2v) is 9.03. The van der Waals surface area contributed by atoms with Crippen LogP contribution in [0, 0.1) is 23.6 Å². The molecule has 0 aliphatic heterocycles. The predicted octanol–water partition coefficient (Wildman–Crippen LogP) is 4.00. The van der Waals surface area contributed by atoms with Crippen molar-refractivity contribution in [1.82, 2.24) is 10.2 Å². The number of nitrogens with zero attached hydrogens (tertiary/aromatic N) is 1. The number of halogens is 2. The van der Waals surface area contributed by atoms with Crippen molar-refractivity contribution in [1.29, 1.82) is 0 Å². The van der Waals surface area contributed by atoms with E-state index >= 15 is 0 Å². The van der Waals surface area contributed by atoms with Gasteiger partial charge in [-0.3, -0.25) is 9.69 Å². The van der Waals surface area contributed by atoms with Crippen LogP contribution in [0.2, 0.25) is 5.02 Å². The summed E-state index contributed by atoms with van der Waals surface area (Å²) in [6.07, 6.45) is 7.53. The van der Waals surface area contributed by atoms with Gasteiger partial charge in [0.25, 0.3) is 0 Å². The van der Waals surface area contributed by atoms with Crippen molar-refractivity contribution in [2.75, 3.05) is 13.6 Å². The standard InChI is InChI=1S/C20H26ClFN2O/c1-24(11-16-17(21)3-2-4-18(16)22)12-19(25)23-20-8-13-5-14(9-20)7-15(6-13)10-20/h2-4,13-15H,5-12H2,1H3,(H,23,25). The second kappa shape index (κ2) is 6.55. The average Bonchev–Trinajstić information content (AvgIpc) is 2.49. The Labute approximate surface area is 153 Å². The summed E-state index contributed by atoms with van der Waals surface area (Å²) >= 11 is 6.09. The van der Waals surface area contributed by atoms with Crippen LogP contribution < -0.4 is 5.32 Å². The third kappa shape index (κ3) is 3.56. The number of carbonyl (C=O) groups is 1. The minimum atomic E-state index is -0.319. The summed E-state index contributed by atoms with van der Waals surface area (Å²) in [5.74, 6) is 2.15. The first-order valence-electron chi connectivity index (χ1n) is 9.35. The number of carbonyl (C=O) groups excluding carboxylic acids is 1. The zero-order chi connectivity index (χ0) is 17.6. The SMILES string of the molecule is CN(CC(=O)NC12CC3CC(CC(C3)C1)C2)Cc1c(F)cccc1Cl. The highest BCUT2D eigenvalue weighted by Gasteiger charge is 2.51. The van der Waals surface area contributed by atoms with E-state index in [9.17, 15) is 9.18 Å². The third-order valence-electron chi connectivity index (χ3n) is 6.35. The molecule has 0 heterocycles. The Kier molecular flexibility index (Phi) is 4.53. The van der Waals surface area contributed by atoms with Gasteiger partial charge >= 0.3 is 0 Å². The Morgan fingerprint density at radius 1 is 1.24 bits per heavy atom. The van der Waals surface area contributed by atoms with Crippen LogP contribution in [0.5, 0.6) is 0 Å². The zero-order valence-electron chi connectivity index (χ0n) is 14.7. The molecule has 0 atom stereocenters. The lowest BCUT2D eigenvalue weighted by Crippen LogP contribution is -2.60. The van der Waals surface area contributed by atoms with E-state index in [-0.39, 0.29) is 23.8 Å². The van der Waals surface area contributed by atoms with E-state index in [2.05, 4.69) is 5.32 Å². The molecule has 5 rings (SSSR count). The molecule has 5 heteroatoms. The second-order valence-electron chi connectivity index (χ2n) is 8.62. The van der Waals surface area contributed by atoms with E-state index in [4.69, 9.17) is 11.6 Å². The van der Waals surface area contributed by atoms with E-state index in [1.165, 1.54) is 25.3 Å². The fourth-order valence-corrected chi connectivity index (χ4v) is 6.08. The largest absolute Gasteiger partial charge is 0.350 e. The molecule has 4 bridgehead atoms. The van der Waals surface area contributed by atoms with Gasteiger partial charge in [-0.05, 0) is 75.5 Å². The highest BCUT2D eigenvalue weighted by atomic mass is 35.5. The van der Waals surface area contributed by atoms with Crippen molar-refractivity contribution in [3.63, 3.8) is 0 Å². The lowest BCUT2D eigenvalue weighted by atomic mass is 9.53. The summed E-state index contributed by atoms with van der Waals surface area (Å²) < 4.78 is 13.9. The number of hydrogen-bond acceptors (Lipinski definition) is 2. The lowest BCUT2D eigenvalue weighted by Gasteiger charge is -2.57. The van der Waals surface area contributed by atoms with Crippen LogP contribution in [0.15, 0.2) is 18.2 Å². The van der Waals surface area contributed by atoms with Crippen molar-refractivity contribution in [3.8, 4) is 0 Å². The monoisotopic (exact) mass is 364 g/mol. The van der Waals surface area contributed by atoms with Gasteiger partial charge in [-0.15, -0.1) is 0 Å². The van der Waals surface area contributed by atoms with Gasteiger partial charge in [0.15, 0.2) is 0 Å². The molecule has 25 heavy (non-hydrogen) atoms. The molecule has 0 unspecified atom stereocenters. The maximum absolute atomic E-state index is 13.9. The Morgan fingerprint density at radius 3 is 2.40 bits per heavy atom. The molecule has 4 fully saturated rings. The van der Waals surface area contributed by atoms with Crippen LogP contribution in [0.3, 0.4) is 0 Å². The molecule has 4 saturated carbocycles. The average molecular weight is 365 g/mol. The summed E-state index contributed by atoms with van der Waals surface area (Å²) in [5.41, 5.74) is 0.483. The van der Waals surface area contributed by atoms with E-state index < -0.39 is 0 Å². The summed E-state index contributed by atoms with van der Waals surface area (Å²) in [4.78, 5) is 14.5. The van der Waals surface area contributed by atoms with Crippen molar-refractivity contribution in [3.05, 3.63) is 34.6 Å². The van der Waals surface area contributed by atoms with Gasteiger partial charge < -0.3 is 5.32 Å². The van der Waals surface area contributed by atoms with Crippen molar-refractivity contribution in [2.45, 2.75) is 50.6 Å². The molecular formula is C20H26ClFN2O. The van der Waals surface area contributed by atoms with Crippen molar-refractivity contribution < 1.29 is 9.18 Å². The molecule has 1 aromatic carbocycles. The van der Waals surface area contributed by atoms with Crippen LogP contribution in [0.25, 0.3) is 0 Å². The van der Waals surface area contributed by atoms with E-state index in [0.717, 1.165) is 37.0 Å². The molecule has 0 radical (unpaired) electrons. The molecule has 1 aromatic rings. The van der Waals surface area contributed by atoms with Crippen LogP contribution in [-0.4, -0.2) is 29.9 Å². The fraction of sp³-hybridized carbons (Fsp3) is 0.650. The van der Waals surface area contributed by atoms with Gasteiger partial charge in [-0.25, -0.2) is 4.39 Å². The van der Waals surface area contributed by atoms with Gasteiger partial charge in [0.05, 0.1) is 6.54 Å². The molecule has 0 saturated heterocycles. The molecule has 0 spiro atoms. The maximum Gasteiger partial charge on any atom is 0.234 e. The number of benzene rings is 1. The van der Waals surface area contributed by atoms with Gasteiger partial charge in [-0.1, -0.05) is 17.7 Å². The van der Waals surface area contributed by atoms with Crippen LogP contribution in [-0.2, 0) is 11.3 Å². The fourth-order valence-electron chi connectivity index (χ4n) is 5.85. The maximum atomic E-state index is 13.9. The number of rotatable bonds is 5. The highest BCUT2D eigenvalue weighted by Crippen LogP contribution is 2.55. The molecule has 0 aromatic heterocycles. The molecule has 4 aliphatic carbocycles. The Morgan fingerprint density at radius 2 is 1.84 bits per heavy atom. The topological polar surface area (TPSA) is 32.3 Å². The number of likely N-dealkylation sites (N-methyl/N-ethyl adjacent to an activating group) is 1. The first kappa shape index (κ1) is 17.3. The number of amides is 1. The Hall–Kier alpha value is -1.13. The molecule has 1 N–H and O–H groups in total. The summed E-state index contributed by atoms with van der Waals surface area (Å²) in [6, 6.07) is 4.69. The van der Waals surface area contributed by atoms with E-state index in [1.54, 1.807) is 12.1 Å². The summed E-state index contributed by atoms with van der Waals surface area (Å²) in [7, 11) is 1.84. The molecule has 4 aliphatic rings. The first-order chi connectivity index (χ1) is 11.9. The lowest BCUT2D eigenvalue weighted by molar-refractivity contribution is -0.127. The molecule has 1 amide bonds. The van der Waals surface area contributed by atoms with Gasteiger partial charge in [0.1, 0.15) is 5.82 Å². The zero-order valence-corrected chi connectivity index (χ0v) is 15.5. The van der Waals surface area contributed by atoms with E-state index in [1.807, 2.05) is 11.9 Å². The van der Waals surface area contributed by atoms with Crippen molar-refractivity contribution >= 4 is 17.5 Å². The normalized spacial score (nSPS) is 33.0. The molecule has 3 nitrogen and oxygen atoms in total. The quantitative estimate of drug-likeness (QED) is 0.856. The molecular weight excluding hydrogens is 339 g/mol. The minimum absolute atomic E-state index is 0.0301. The summed E-state index contributed by atoms with van der Waals surface area (Å²) in [5, 5.41) is 3.77. The van der Waals surface area contributed by atoms with Crippen molar-refractivity contribution in [2.24, 2.45) is 17.8 Å². The summed E-state index contributed by atoms with van der Waals surface area (Å²) in [6.45, 7) is 0.603. The van der Waals surface area contributed by atoms with Gasteiger partial charge in [-0.2, -0.15) is 0 Å². The molecule has 136 valence electrons. The van der Waals surface area contributed by atoms with Gasteiger partial charge in [0.2, 0.25) is 5.91 Å². The predicted molar refractivity (Wildman–Crippen MR) is 96.8 cm³/mol.